The Labute approximate surface area is 134 Å². The molecular weight excluding hydrogens is 288 g/mol. The van der Waals surface area contributed by atoms with Crippen LogP contribution in [0, 0.1) is 0 Å². The predicted molar refractivity (Wildman–Crippen MR) is 91.2 cm³/mol. The number of fused-ring (bicyclic) bond motifs is 2. The summed E-state index contributed by atoms with van der Waals surface area (Å²) < 4.78 is 5.53. The smallest absolute Gasteiger partial charge is 0.227 e. The van der Waals surface area contributed by atoms with Gasteiger partial charge in [-0.05, 0) is 42.3 Å². The van der Waals surface area contributed by atoms with Crippen LogP contribution in [0.25, 0.3) is 10.9 Å². The normalized spacial score (nSPS) is 13.6. The molecule has 1 aliphatic heterocycles. The van der Waals surface area contributed by atoms with E-state index in [0.717, 1.165) is 41.9 Å². The molecule has 0 saturated carbocycles. The standard InChI is InChI=1S/C18H18N4O/c1-23-17-9-12-6-7-19-10-14(12)8-16(17)22-18-20-11-13-4-2-3-5-15(13)21-18/h2-5,8-9,11,19H,6-7,10H2,1H3,(H,20,21,22). The molecule has 5 heteroatoms. The van der Waals surface area contributed by atoms with Gasteiger partial charge in [-0.1, -0.05) is 18.2 Å². The van der Waals surface area contributed by atoms with E-state index < -0.39 is 0 Å². The third-order valence-electron chi connectivity index (χ3n) is 4.14. The van der Waals surface area contributed by atoms with Crippen LogP contribution < -0.4 is 15.4 Å². The number of hydrogen-bond acceptors (Lipinski definition) is 5. The van der Waals surface area contributed by atoms with Crippen molar-refractivity contribution in [3.63, 3.8) is 0 Å². The molecule has 23 heavy (non-hydrogen) atoms. The van der Waals surface area contributed by atoms with E-state index in [4.69, 9.17) is 4.74 Å². The zero-order valence-corrected chi connectivity index (χ0v) is 13.0. The Morgan fingerprint density at radius 1 is 1.17 bits per heavy atom. The quantitative estimate of drug-likeness (QED) is 0.779. The number of methoxy groups -OCH3 is 1. The van der Waals surface area contributed by atoms with Crippen LogP contribution >= 0.6 is 0 Å². The molecule has 0 aliphatic carbocycles. The van der Waals surface area contributed by atoms with Crippen molar-refractivity contribution in [1.82, 2.24) is 15.3 Å². The summed E-state index contributed by atoms with van der Waals surface area (Å²) in [6.45, 7) is 1.89. The van der Waals surface area contributed by atoms with Crippen molar-refractivity contribution < 1.29 is 4.74 Å². The number of rotatable bonds is 3. The Hall–Kier alpha value is -2.66. The van der Waals surface area contributed by atoms with Gasteiger partial charge in [0, 0.05) is 18.1 Å². The van der Waals surface area contributed by atoms with Gasteiger partial charge in [0.15, 0.2) is 0 Å². The van der Waals surface area contributed by atoms with E-state index in [2.05, 4.69) is 32.7 Å². The molecule has 0 amide bonds. The van der Waals surface area contributed by atoms with Gasteiger partial charge in [0.1, 0.15) is 5.75 Å². The Morgan fingerprint density at radius 2 is 2.09 bits per heavy atom. The molecule has 0 spiro atoms. The summed E-state index contributed by atoms with van der Waals surface area (Å²) in [4.78, 5) is 8.96. The molecule has 2 N–H and O–H groups in total. The summed E-state index contributed by atoms with van der Waals surface area (Å²) in [6, 6.07) is 12.2. The first kappa shape index (κ1) is 14.0. The minimum atomic E-state index is 0.575. The maximum absolute atomic E-state index is 5.53. The lowest BCUT2D eigenvalue weighted by atomic mass is 10.00. The molecule has 1 aromatic heterocycles. The summed E-state index contributed by atoms with van der Waals surface area (Å²) in [7, 11) is 1.69. The molecule has 0 radical (unpaired) electrons. The van der Waals surface area contributed by atoms with Gasteiger partial charge in [0.05, 0.1) is 18.3 Å². The van der Waals surface area contributed by atoms with Crippen molar-refractivity contribution in [3.8, 4) is 5.75 Å². The lowest BCUT2D eigenvalue weighted by Crippen LogP contribution is -2.23. The molecule has 3 aromatic rings. The highest BCUT2D eigenvalue weighted by atomic mass is 16.5. The van der Waals surface area contributed by atoms with Crippen LogP contribution in [0.5, 0.6) is 5.75 Å². The number of ether oxygens (including phenoxy) is 1. The number of para-hydroxylation sites is 1. The Kier molecular flexibility index (Phi) is 3.55. The molecule has 5 nitrogen and oxygen atoms in total. The number of nitrogens with zero attached hydrogens (tertiary/aromatic N) is 2. The summed E-state index contributed by atoms with van der Waals surface area (Å²) >= 11 is 0. The summed E-state index contributed by atoms with van der Waals surface area (Å²) in [6.07, 6.45) is 2.86. The van der Waals surface area contributed by atoms with E-state index in [-0.39, 0.29) is 0 Å². The van der Waals surface area contributed by atoms with E-state index in [9.17, 15) is 0 Å². The second-order valence-electron chi connectivity index (χ2n) is 5.63. The average molecular weight is 306 g/mol. The highest BCUT2D eigenvalue weighted by molar-refractivity contribution is 5.79. The van der Waals surface area contributed by atoms with E-state index in [1.54, 1.807) is 7.11 Å². The maximum atomic E-state index is 5.53. The van der Waals surface area contributed by atoms with Gasteiger partial charge < -0.3 is 15.4 Å². The molecule has 0 fully saturated rings. The zero-order chi connectivity index (χ0) is 15.6. The van der Waals surface area contributed by atoms with Crippen LogP contribution in [0.3, 0.4) is 0 Å². The topological polar surface area (TPSA) is 59.1 Å². The van der Waals surface area contributed by atoms with E-state index in [1.165, 1.54) is 11.1 Å². The number of anilines is 2. The van der Waals surface area contributed by atoms with Gasteiger partial charge in [0.25, 0.3) is 0 Å². The summed E-state index contributed by atoms with van der Waals surface area (Å²) in [5, 5.41) is 7.71. The summed E-state index contributed by atoms with van der Waals surface area (Å²) in [5.41, 5.74) is 4.44. The second kappa shape index (κ2) is 5.85. The third kappa shape index (κ3) is 2.71. The number of aromatic nitrogens is 2. The van der Waals surface area contributed by atoms with Gasteiger partial charge in [-0.15, -0.1) is 0 Å². The molecule has 0 bridgehead atoms. The molecule has 2 heterocycles. The SMILES string of the molecule is COc1cc2c(cc1Nc1ncc3ccccc3n1)CNCC2. The maximum Gasteiger partial charge on any atom is 0.227 e. The van der Waals surface area contributed by atoms with Crippen LogP contribution in [0.2, 0.25) is 0 Å². The number of nitrogens with one attached hydrogen (secondary N) is 2. The van der Waals surface area contributed by atoms with E-state index in [1.807, 2.05) is 30.5 Å². The van der Waals surface area contributed by atoms with Gasteiger partial charge in [-0.2, -0.15) is 0 Å². The van der Waals surface area contributed by atoms with Crippen molar-refractivity contribution in [3.05, 3.63) is 53.7 Å². The first-order valence-electron chi connectivity index (χ1n) is 7.73. The first-order chi connectivity index (χ1) is 11.3. The van der Waals surface area contributed by atoms with E-state index in [0.29, 0.717) is 5.95 Å². The highest BCUT2D eigenvalue weighted by Gasteiger charge is 2.14. The molecule has 1 aliphatic rings. The largest absolute Gasteiger partial charge is 0.495 e. The zero-order valence-electron chi connectivity index (χ0n) is 13.0. The van der Waals surface area contributed by atoms with Gasteiger partial charge in [0.2, 0.25) is 5.95 Å². The molecule has 0 unspecified atom stereocenters. The fourth-order valence-corrected chi connectivity index (χ4v) is 2.93. The van der Waals surface area contributed by atoms with Gasteiger partial charge in [-0.25, -0.2) is 9.97 Å². The van der Waals surface area contributed by atoms with Crippen LogP contribution in [0.1, 0.15) is 11.1 Å². The van der Waals surface area contributed by atoms with Crippen molar-refractivity contribution in [1.29, 1.82) is 0 Å². The van der Waals surface area contributed by atoms with Gasteiger partial charge >= 0.3 is 0 Å². The van der Waals surface area contributed by atoms with Crippen LogP contribution in [0.15, 0.2) is 42.6 Å². The first-order valence-corrected chi connectivity index (χ1v) is 7.73. The summed E-state index contributed by atoms with van der Waals surface area (Å²) in [5.74, 6) is 1.40. The molecule has 4 rings (SSSR count). The third-order valence-corrected chi connectivity index (χ3v) is 4.14. The fourth-order valence-electron chi connectivity index (χ4n) is 2.93. The minimum Gasteiger partial charge on any atom is -0.495 e. The lowest BCUT2D eigenvalue weighted by molar-refractivity contribution is 0.415. The predicted octanol–water partition coefficient (Wildman–Crippen LogP) is 3.03. The lowest BCUT2D eigenvalue weighted by Gasteiger charge is -2.20. The average Bonchev–Trinajstić information content (AvgIpc) is 2.61. The Morgan fingerprint density at radius 3 is 3.00 bits per heavy atom. The molecule has 116 valence electrons. The van der Waals surface area contributed by atoms with Crippen LogP contribution in [-0.4, -0.2) is 23.6 Å². The van der Waals surface area contributed by atoms with Crippen molar-refractivity contribution in [2.24, 2.45) is 0 Å². The molecule has 2 aromatic carbocycles. The van der Waals surface area contributed by atoms with Crippen molar-refractivity contribution >= 4 is 22.5 Å². The molecule has 0 saturated heterocycles. The number of hydrogen-bond donors (Lipinski definition) is 2. The Balaban J connectivity index is 1.71. The van der Waals surface area contributed by atoms with Crippen LogP contribution in [0.4, 0.5) is 11.6 Å². The molecular formula is C18H18N4O. The Bertz CT molecular complexity index is 863. The highest BCUT2D eigenvalue weighted by Crippen LogP contribution is 2.31. The fraction of sp³-hybridized carbons (Fsp3) is 0.222. The van der Waals surface area contributed by atoms with Crippen LogP contribution in [-0.2, 0) is 13.0 Å². The number of benzene rings is 2. The van der Waals surface area contributed by atoms with Crippen molar-refractivity contribution in [2.75, 3.05) is 19.0 Å². The van der Waals surface area contributed by atoms with Gasteiger partial charge in [-0.3, -0.25) is 0 Å². The second-order valence-corrected chi connectivity index (χ2v) is 5.63. The van der Waals surface area contributed by atoms with Crippen molar-refractivity contribution in [2.45, 2.75) is 13.0 Å². The monoisotopic (exact) mass is 306 g/mol. The minimum absolute atomic E-state index is 0.575. The van der Waals surface area contributed by atoms with E-state index >= 15 is 0 Å². The molecule has 0 atom stereocenters.